The van der Waals surface area contributed by atoms with Crippen molar-refractivity contribution < 1.29 is 19.0 Å². The topological polar surface area (TPSA) is 44.8 Å². The lowest BCUT2D eigenvalue weighted by molar-refractivity contribution is -0.279. The van der Waals surface area contributed by atoms with Crippen LogP contribution < -0.4 is 0 Å². The third-order valence-electron chi connectivity index (χ3n) is 9.82. The maximum atomic E-state index is 12.0. The Morgan fingerprint density at radius 2 is 1.77 bits per heavy atom. The minimum Gasteiger partial charge on any atom is -0.458 e. The van der Waals surface area contributed by atoms with Gasteiger partial charge in [0.2, 0.25) is 0 Å². The fraction of sp³-hybridized carbons (Fsp3) is 0.741. The maximum absolute atomic E-state index is 12.0. The van der Waals surface area contributed by atoms with Crippen molar-refractivity contribution in [2.75, 3.05) is 13.2 Å². The van der Waals surface area contributed by atoms with E-state index in [1.165, 1.54) is 5.57 Å². The Kier molecular flexibility index (Phi) is 4.01. The lowest BCUT2D eigenvalue weighted by Crippen LogP contribution is -2.52. The van der Waals surface area contributed by atoms with E-state index in [1.807, 2.05) is 0 Å². The number of ether oxygens (including phenoxy) is 3. The van der Waals surface area contributed by atoms with Gasteiger partial charge in [-0.2, -0.15) is 0 Å². The molecule has 0 aromatic rings. The first-order chi connectivity index (χ1) is 14.6. The zero-order valence-electron chi connectivity index (χ0n) is 19.5. The number of fused-ring (bicyclic) bond motifs is 6. The highest BCUT2D eigenvalue weighted by Gasteiger charge is 2.65. The fourth-order valence-corrected chi connectivity index (χ4v) is 7.69. The van der Waals surface area contributed by atoms with E-state index in [0.29, 0.717) is 18.3 Å². The number of carbonyl (C=O) groups excluding carboxylic acids is 1. The molecule has 4 heteroatoms. The molecule has 2 heterocycles. The Labute approximate surface area is 186 Å². The van der Waals surface area contributed by atoms with Gasteiger partial charge in [-0.05, 0) is 49.7 Å². The molecule has 0 aromatic heterocycles. The van der Waals surface area contributed by atoms with Gasteiger partial charge in [-0.1, -0.05) is 51.5 Å². The van der Waals surface area contributed by atoms with Gasteiger partial charge in [-0.15, -0.1) is 0 Å². The van der Waals surface area contributed by atoms with Crippen molar-refractivity contribution in [3.63, 3.8) is 0 Å². The van der Waals surface area contributed by atoms with Gasteiger partial charge >= 0.3 is 5.97 Å². The molecule has 168 valence electrons. The second-order valence-corrected chi connectivity index (χ2v) is 12.3. The summed E-state index contributed by atoms with van der Waals surface area (Å²) in [4.78, 5) is 12.0. The molecule has 0 radical (unpaired) electrons. The summed E-state index contributed by atoms with van der Waals surface area (Å²) in [5.41, 5.74) is 2.87. The number of allylic oxidation sites excluding steroid dienone is 5. The third-order valence-corrected chi connectivity index (χ3v) is 9.82. The van der Waals surface area contributed by atoms with Crippen LogP contribution in [0.3, 0.4) is 0 Å². The van der Waals surface area contributed by atoms with E-state index < -0.39 is 5.79 Å². The van der Waals surface area contributed by atoms with Crippen molar-refractivity contribution in [1.29, 1.82) is 0 Å². The van der Waals surface area contributed by atoms with E-state index in [2.05, 4.69) is 52.0 Å². The number of esters is 1. The number of rotatable bonds is 0. The number of carbonyl (C=O) groups is 1. The van der Waals surface area contributed by atoms with Crippen molar-refractivity contribution in [2.24, 2.45) is 28.1 Å². The first-order valence-electron chi connectivity index (χ1n) is 12.2. The molecule has 4 aliphatic carbocycles. The van der Waals surface area contributed by atoms with E-state index in [4.69, 9.17) is 14.2 Å². The maximum Gasteiger partial charge on any atom is 0.306 e. The van der Waals surface area contributed by atoms with Crippen LogP contribution in [0, 0.1) is 28.1 Å². The fourth-order valence-electron chi connectivity index (χ4n) is 7.69. The van der Waals surface area contributed by atoms with E-state index >= 15 is 0 Å². The van der Waals surface area contributed by atoms with Crippen molar-refractivity contribution in [1.82, 2.24) is 0 Å². The summed E-state index contributed by atoms with van der Waals surface area (Å²) in [7, 11) is 0. The average Bonchev–Trinajstić information content (AvgIpc) is 3.25. The molecule has 3 fully saturated rings. The number of hydrogen-bond acceptors (Lipinski definition) is 4. The number of hydrogen-bond donors (Lipinski definition) is 0. The molecular formula is C27H36O4. The Morgan fingerprint density at radius 1 is 1.00 bits per heavy atom. The van der Waals surface area contributed by atoms with Gasteiger partial charge in [0.25, 0.3) is 0 Å². The van der Waals surface area contributed by atoms with Gasteiger partial charge in [0.1, 0.15) is 5.60 Å². The lowest BCUT2D eigenvalue weighted by atomic mass is 9.52. The predicted molar refractivity (Wildman–Crippen MR) is 118 cm³/mol. The van der Waals surface area contributed by atoms with Gasteiger partial charge in [-0.25, -0.2) is 0 Å². The van der Waals surface area contributed by atoms with Crippen molar-refractivity contribution in [3.05, 3.63) is 35.5 Å². The highest BCUT2D eigenvalue weighted by molar-refractivity contribution is 5.72. The van der Waals surface area contributed by atoms with Gasteiger partial charge in [-0.3, -0.25) is 4.79 Å². The van der Waals surface area contributed by atoms with Crippen LogP contribution in [-0.4, -0.2) is 30.6 Å². The molecule has 2 aliphatic heterocycles. The monoisotopic (exact) mass is 424 g/mol. The molecule has 0 bridgehead atoms. The normalized spacial score (nSPS) is 46.8. The van der Waals surface area contributed by atoms with Gasteiger partial charge in [0, 0.05) is 35.0 Å². The highest BCUT2D eigenvalue weighted by atomic mass is 16.7. The molecule has 1 saturated carbocycles. The smallest absolute Gasteiger partial charge is 0.306 e. The second-order valence-electron chi connectivity index (χ2n) is 12.3. The Bertz CT molecular complexity index is 916. The van der Waals surface area contributed by atoms with Crippen LogP contribution in [0.15, 0.2) is 35.5 Å². The van der Waals surface area contributed by atoms with Gasteiger partial charge < -0.3 is 14.2 Å². The molecule has 2 spiro atoms. The standard InChI is InChI=1S/C27H36O4/c1-23(2)16-29-27(30-17-23)14-13-24(3)18(15-27)5-6-19-20(24)7-10-25(4)21(19)8-11-26(25)12-9-22(28)31-26/h5-7,15,19,21H,8-14,16-17H2,1-4H3/t19?,21?,24?,25?,26-/m1/s1. The zero-order chi connectivity index (χ0) is 21.7. The summed E-state index contributed by atoms with van der Waals surface area (Å²) in [5.74, 6) is 0.440. The Morgan fingerprint density at radius 3 is 2.48 bits per heavy atom. The highest BCUT2D eigenvalue weighted by Crippen LogP contribution is 2.67. The SMILES string of the molecule is CC1(C)COC2(C=C3C=CC4C(=CCC5(C)C4CC[C@@]54CCC(=O)O4)C3(C)CC2)OC1. The van der Waals surface area contributed by atoms with E-state index in [0.717, 1.165) is 51.7 Å². The van der Waals surface area contributed by atoms with E-state index in [9.17, 15) is 4.79 Å². The van der Waals surface area contributed by atoms with Crippen molar-refractivity contribution in [3.8, 4) is 0 Å². The molecule has 31 heavy (non-hydrogen) atoms. The second kappa shape index (κ2) is 6.14. The Hall–Kier alpha value is -1.39. The van der Waals surface area contributed by atoms with Crippen LogP contribution in [0.1, 0.15) is 72.6 Å². The zero-order valence-corrected chi connectivity index (χ0v) is 19.5. The molecule has 0 amide bonds. The molecule has 6 rings (SSSR count). The summed E-state index contributed by atoms with van der Waals surface area (Å²) >= 11 is 0. The van der Waals surface area contributed by atoms with Crippen LogP contribution in [0.2, 0.25) is 0 Å². The molecule has 0 aromatic carbocycles. The van der Waals surface area contributed by atoms with Crippen LogP contribution in [0.5, 0.6) is 0 Å². The summed E-state index contributed by atoms with van der Waals surface area (Å²) in [6, 6.07) is 0. The Balaban J connectivity index is 1.34. The minimum atomic E-state index is -0.555. The summed E-state index contributed by atoms with van der Waals surface area (Å²) in [6.07, 6.45) is 16.2. The third kappa shape index (κ3) is 2.64. The predicted octanol–water partition coefficient (Wildman–Crippen LogP) is 5.49. The van der Waals surface area contributed by atoms with Crippen LogP contribution in [0.4, 0.5) is 0 Å². The quantitative estimate of drug-likeness (QED) is 0.381. The molecule has 5 atom stereocenters. The molecule has 4 unspecified atom stereocenters. The lowest BCUT2D eigenvalue weighted by Gasteiger charge is -2.55. The molecule has 2 saturated heterocycles. The molecule has 6 aliphatic rings. The first kappa shape index (κ1) is 20.2. The molecule has 4 nitrogen and oxygen atoms in total. The van der Waals surface area contributed by atoms with E-state index in [-0.39, 0.29) is 27.8 Å². The van der Waals surface area contributed by atoms with Crippen molar-refractivity contribution in [2.45, 2.75) is 84.0 Å². The molecule has 0 N–H and O–H groups in total. The first-order valence-corrected chi connectivity index (χ1v) is 12.2. The van der Waals surface area contributed by atoms with Gasteiger partial charge in [0.15, 0.2) is 5.79 Å². The average molecular weight is 425 g/mol. The largest absolute Gasteiger partial charge is 0.458 e. The van der Waals surface area contributed by atoms with Gasteiger partial charge in [0.05, 0.1) is 13.2 Å². The van der Waals surface area contributed by atoms with Crippen molar-refractivity contribution >= 4 is 5.97 Å². The van der Waals surface area contributed by atoms with E-state index in [1.54, 1.807) is 5.57 Å². The minimum absolute atomic E-state index is 0.00116. The van der Waals surface area contributed by atoms with Crippen LogP contribution in [0.25, 0.3) is 0 Å². The summed E-state index contributed by atoms with van der Waals surface area (Å²) < 4.78 is 18.7. The summed E-state index contributed by atoms with van der Waals surface area (Å²) in [6.45, 7) is 10.7. The van der Waals surface area contributed by atoms with Crippen LogP contribution in [-0.2, 0) is 19.0 Å². The van der Waals surface area contributed by atoms with Crippen LogP contribution >= 0.6 is 0 Å². The molecular weight excluding hydrogens is 388 g/mol. The summed E-state index contributed by atoms with van der Waals surface area (Å²) in [5, 5.41) is 0.